The van der Waals surface area contributed by atoms with Crippen LogP contribution in [0, 0.1) is 0 Å². The normalized spacial score (nSPS) is 10.6. The molecule has 0 unspecified atom stereocenters. The van der Waals surface area contributed by atoms with E-state index in [2.05, 4.69) is 15.6 Å². The fourth-order valence-corrected chi connectivity index (χ4v) is 3.62. The van der Waals surface area contributed by atoms with Crippen molar-refractivity contribution in [2.24, 2.45) is 0 Å². The second-order valence-corrected chi connectivity index (χ2v) is 6.80. The maximum atomic E-state index is 12.3. The lowest BCUT2D eigenvalue weighted by Crippen LogP contribution is -2.28. The Kier molecular flexibility index (Phi) is 5.80. The molecule has 1 heterocycles. The van der Waals surface area contributed by atoms with Crippen LogP contribution in [0.1, 0.15) is 10.4 Å². The third-order valence-corrected chi connectivity index (χ3v) is 4.95. The van der Waals surface area contributed by atoms with Gasteiger partial charge in [-0.3, -0.25) is 4.79 Å². The Bertz CT molecular complexity index is 896. The van der Waals surface area contributed by atoms with Gasteiger partial charge in [0.15, 0.2) is 16.6 Å². The van der Waals surface area contributed by atoms with Gasteiger partial charge in [-0.15, -0.1) is 0 Å². The van der Waals surface area contributed by atoms with Crippen molar-refractivity contribution in [3.05, 3.63) is 47.0 Å². The van der Waals surface area contributed by atoms with Crippen molar-refractivity contribution in [3.8, 4) is 11.5 Å². The molecule has 0 spiro atoms. The number of methoxy groups -OCH3 is 2. The maximum absolute atomic E-state index is 12.3. The van der Waals surface area contributed by atoms with E-state index in [9.17, 15) is 4.79 Å². The average molecular weight is 392 g/mol. The van der Waals surface area contributed by atoms with Gasteiger partial charge >= 0.3 is 0 Å². The third kappa shape index (κ3) is 4.00. The van der Waals surface area contributed by atoms with Crippen LogP contribution in [-0.2, 0) is 0 Å². The molecule has 2 N–H and O–H groups in total. The Morgan fingerprint density at radius 3 is 2.73 bits per heavy atom. The van der Waals surface area contributed by atoms with E-state index in [-0.39, 0.29) is 5.91 Å². The maximum Gasteiger partial charge on any atom is 0.251 e. The summed E-state index contributed by atoms with van der Waals surface area (Å²) in [5, 5.41) is 7.21. The number of benzene rings is 2. The molecule has 0 aliphatic rings. The van der Waals surface area contributed by atoms with Gasteiger partial charge in [0, 0.05) is 18.7 Å². The number of carbonyl (C=O) groups excluding carboxylic acids is 1. The molecule has 1 aromatic heterocycles. The number of rotatable bonds is 7. The summed E-state index contributed by atoms with van der Waals surface area (Å²) >= 11 is 7.71. The molecule has 2 aromatic carbocycles. The van der Waals surface area contributed by atoms with Gasteiger partial charge in [-0.2, -0.15) is 0 Å². The zero-order chi connectivity index (χ0) is 18.5. The van der Waals surface area contributed by atoms with Gasteiger partial charge in [-0.1, -0.05) is 35.1 Å². The monoisotopic (exact) mass is 391 g/mol. The minimum absolute atomic E-state index is 0.237. The molecule has 26 heavy (non-hydrogen) atoms. The largest absolute Gasteiger partial charge is 0.493 e. The topological polar surface area (TPSA) is 72.5 Å². The molecule has 1 amide bonds. The first-order valence-corrected chi connectivity index (χ1v) is 9.11. The molecule has 3 aromatic rings. The highest BCUT2D eigenvalue weighted by atomic mass is 35.5. The number of ether oxygens (including phenoxy) is 2. The van der Waals surface area contributed by atoms with E-state index < -0.39 is 0 Å². The Hall–Kier alpha value is -2.51. The van der Waals surface area contributed by atoms with Crippen molar-refractivity contribution in [1.82, 2.24) is 10.3 Å². The lowest BCUT2D eigenvalue weighted by molar-refractivity contribution is 0.0954. The predicted octanol–water partition coefficient (Wildman–Crippen LogP) is 3.81. The molecule has 8 heteroatoms. The van der Waals surface area contributed by atoms with Crippen molar-refractivity contribution in [1.29, 1.82) is 0 Å². The number of aromatic nitrogens is 1. The number of carbonyl (C=O) groups is 1. The number of nitrogens with one attached hydrogen (secondary N) is 2. The van der Waals surface area contributed by atoms with Gasteiger partial charge in [0.2, 0.25) is 0 Å². The van der Waals surface area contributed by atoms with E-state index in [1.165, 1.54) is 14.2 Å². The first kappa shape index (κ1) is 18.3. The lowest BCUT2D eigenvalue weighted by atomic mass is 10.2. The molecular formula is C18H18ClN3O3S. The highest BCUT2D eigenvalue weighted by Gasteiger charge is 2.15. The SMILES string of the molecule is COc1cc(C(=O)NCCNc2nc3ccccc3s2)cc(Cl)c1OC. The smallest absolute Gasteiger partial charge is 0.251 e. The van der Waals surface area contributed by atoms with Crippen LogP contribution in [-0.4, -0.2) is 38.2 Å². The molecular weight excluding hydrogens is 374 g/mol. The van der Waals surface area contributed by atoms with E-state index in [4.69, 9.17) is 21.1 Å². The zero-order valence-corrected chi connectivity index (χ0v) is 15.9. The van der Waals surface area contributed by atoms with Crippen molar-refractivity contribution in [3.63, 3.8) is 0 Å². The van der Waals surface area contributed by atoms with Gasteiger partial charge in [-0.25, -0.2) is 4.98 Å². The van der Waals surface area contributed by atoms with Crippen molar-refractivity contribution >= 4 is 44.2 Å². The summed E-state index contributed by atoms with van der Waals surface area (Å²) in [6.45, 7) is 1.01. The van der Waals surface area contributed by atoms with Gasteiger partial charge in [0.05, 0.1) is 29.5 Å². The van der Waals surface area contributed by atoms with Crippen LogP contribution in [0.5, 0.6) is 11.5 Å². The van der Waals surface area contributed by atoms with E-state index in [1.807, 2.05) is 24.3 Å². The number of fused-ring (bicyclic) bond motifs is 1. The van der Waals surface area contributed by atoms with Crippen LogP contribution in [0.15, 0.2) is 36.4 Å². The summed E-state index contributed by atoms with van der Waals surface area (Å²) in [7, 11) is 3.00. The number of hydrogen-bond donors (Lipinski definition) is 2. The van der Waals surface area contributed by atoms with Crippen LogP contribution in [0.25, 0.3) is 10.2 Å². The van der Waals surface area contributed by atoms with E-state index in [0.29, 0.717) is 35.2 Å². The van der Waals surface area contributed by atoms with Crippen LogP contribution >= 0.6 is 22.9 Å². The van der Waals surface area contributed by atoms with Crippen LogP contribution in [0.4, 0.5) is 5.13 Å². The number of anilines is 1. The summed E-state index contributed by atoms with van der Waals surface area (Å²) in [6, 6.07) is 11.1. The van der Waals surface area contributed by atoms with Crippen LogP contribution in [0.2, 0.25) is 5.02 Å². The van der Waals surface area contributed by atoms with Gasteiger partial charge in [0.25, 0.3) is 5.91 Å². The summed E-state index contributed by atoms with van der Waals surface area (Å²) in [6.07, 6.45) is 0. The van der Waals surface area contributed by atoms with Gasteiger partial charge in [-0.05, 0) is 24.3 Å². The van der Waals surface area contributed by atoms with Crippen LogP contribution in [0.3, 0.4) is 0 Å². The molecule has 0 atom stereocenters. The molecule has 3 rings (SSSR count). The van der Waals surface area contributed by atoms with Crippen molar-refractivity contribution in [2.45, 2.75) is 0 Å². The van der Waals surface area contributed by atoms with E-state index in [1.54, 1.807) is 23.5 Å². The first-order chi connectivity index (χ1) is 12.6. The number of amides is 1. The quantitative estimate of drug-likeness (QED) is 0.599. The fraction of sp³-hybridized carbons (Fsp3) is 0.222. The molecule has 0 aliphatic heterocycles. The zero-order valence-electron chi connectivity index (χ0n) is 14.3. The minimum Gasteiger partial charge on any atom is -0.493 e. The van der Waals surface area contributed by atoms with E-state index >= 15 is 0 Å². The van der Waals surface area contributed by atoms with Crippen molar-refractivity contribution in [2.75, 3.05) is 32.6 Å². The van der Waals surface area contributed by atoms with Crippen molar-refractivity contribution < 1.29 is 14.3 Å². The second-order valence-electron chi connectivity index (χ2n) is 5.36. The number of para-hydroxylation sites is 1. The Morgan fingerprint density at radius 1 is 1.19 bits per heavy atom. The summed E-state index contributed by atoms with van der Waals surface area (Å²) in [5.74, 6) is 0.583. The minimum atomic E-state index is -0.237. The average Bonchev–Trinajstić information content (AvgIpc) is 3.07. The van der Waals surface area contributed by atoms with E-state index in [0.717, 1.165) is 15.3 Å². The third-order valence-electron chi connectivity index (χ3n) is 3.68. The molecule has 0 fully saturated rings. The van der Waals surface area contributed by atoms with Crippen LogP contribution < -0.4 is 20.1 Å². The standard InChI is InChI=1S/C18H18ClN3O3S/c1-24-14-10-11(9-12(19)16(14)25-2)17(23)20-7-8-21-18-22-13-5-3-4-6-15(13)26-18/h3-6,9-10H,7-8H2,1-2H3,(H,20,23)(H,21,22). The summed E-state index contributed by atoms with van der Waals surface area (Å²) < 4.78 is 11.5. The Morgan fingerprint density at radius 2 is 2.00 bits per heavy atom. The number of nitrogens with zero attached hydrogens (tertiary/aromatic N) is 1. The predicted molar refractivity (Wildman–Crippen MR) is 105 cm³/mol. The molecule has 0 aliphatic carbocycles. The molecule has 0 bridgehead atoms. The molecule has 6 nitrogen and oxygen atoms in total. The Labute approximate surface area is 160 Å². The number of hydrogen-bond acceptors (Lipinski definition) is 6. The second kappa shape index (κ2) is 8.25. The molecule has 0 radical (unpaired) electrons. The number of halogens is 1. The summed E-state index contributed by atoms with van der Waals surface area (Å²) in [4.78, 5) is 16.8. The fourth-order valence-electron chi connectivity index (χ4n) is 2.44. The molecule has 0 saturated heterocycles. The van der Waals surface area contributed by atoms with Gasteiger partial charge in [0.1, 0.15) is 0 Å². The highest BCUT2D eigenvalue weighted by Crippen LogP contribution is 2.35. The number of thiazole rings is 1. The summed E-state index contributed by atoms with van der Waals surface area (Å²) in [5.41, 5.74) is 1.37. The Balaban J connectivity index is 1.56. The molecule has 0 saturated carbocycles. The highest BCUT2D eigenvalue weighted by molar-refractivity contribution is 7.22. The molecule has 136 valence electrons. The van der Waals surface area contributed by atoms with Gasteiger partial charge < -0.3 is 20.1 Å². The first-order valence-electron chi connectivity index (χ1n) is 7.91. The lowest BCUT2D eigenvalue weighted by Gasteiger charge is -2.12.